The molecule has 1 fully saturated rings. The van der Waals surface area contributed by atoms with E-state index in [9.17, 15) is 9.59 Å². The van der Waals surface area contributed by atoms with Crippen LogP contribution in [0.3, 0.4) is 0 Å². The second-order valence-corrected chi connectivity index (χ2v) is 8.04. The van der Waals surface area contributed by atoms with Gasteiger partial charge < -0.3 is 19.3 Å². The highest BCUT2D eigenvalue weighted by molar-refractivity contribution is 5.81. The Morgan fingerprint density at radius 2 is 1.42 bits per heavy atom. The van der Waals surface area contributed by atoms with E-state index in [-0.39, 0.29) is 18.0 Å². The maximum absolute atomic E-state index is 13.0. The first-order valence-corrected chi connectivity index (χ1v) is 10.9. The van der Waals surface area contributed by atoms with Gasteiger partial charge in [0.1, 0.15) is 18.0 Å². The van der Waals surface area contributed by atoms with Crippen LogP contribution in [0, 0.1) is 0 Å². The Balaban J connectivity index is 1.72. The summed E-state index contributed by atoms with van der Waals surface area (Å²) in [7, 11) is 5.25. The molecule has 1 amide bonds. The van der Waals surface area contributed by atoms with E-state index in [0.717, 1.165) is 35.7 Å². The highest BCUT2D eigenvalue weighted by Gasteiger charge is 2.21. The molecule has 1 saturated heterocycles. The van der Waals surface area contributed by atoms with E-state index in [2.05, 4.69) is 10.00 Å². The number of aromatic nitrogens is 2. The van der Waals surface area contributed by atoms with Gasteiger partial charge >= 0.3 is 0 Å². The summed E-state index contributed by atoms with van der Waals surface area (Å²) in [6.45, 7) is 2.86. The summed E-state index contributed by atoms with van der Waals surface area (Å²) in [5, 5.41) is 4.64. The maximum atomic E-state index is 13.0. The minimum atomic E-state index is -0.319. The van der Waals surface area contributed by atoms with E-state index in [1.54, 1.807) is 25.2 Å². The summed E-state index contributed by atoms with van der Waals surface area (Å²) in [6.07, 6.45) is 0. The predicted octanol–water partition coefficient (Wildman–Crippen LogP) is 2.37. The van der Waals surface area contributed by atoms with E-state index >= 15 is 0 Å². The first-order valence-electron chi connectivity index (χ1n) is 10.9. The lowest BCUT2D eigenvalue weighted by Gasteiger charge is -2.32. The lowest BCUT2D eigenvalue weighted by molar-refractivity contribution is -0.133. The fourth-order valence-corrected chi connectivity index (χ4v) is 3.84. The van der Waals surface area contributed by atoms with Gasteiger partial charge in [-0.3, -0.25) is 9.59 Å². The maximum Gasteiger partial charge on any atom is 0.267 e. The SMILES string of the molecule is COc1ccc(-c2cc(=O)n(CC(=O)N3CCN(C)CC3)nc2-c2ccc(OC)cc2)cc1. The molecular formula is C25H28N4O4. The Kier molecular flexibility index (Phi) is 6.74. The van der Waals surface area contributed by atoms with Gasteiger partial charge in [0.25, 0.3) is 5.56 Å². The first kappa shape index (κ1) is 22.5. The number of benzene rings is 2. The number of nitrogens with zero attached hydrogens (tertiary/aromatic N) is 4. The number of ether oxygens (including phenoxy) is 2. The molecule has 3 aromatic rings. The van der Waals surface area contributed by atoms with Gasteiger partial charge in [0.15, 0.2) is 0 Å². The van der Waals surface area contributed by atoms with Crippen LogP contribution in [-0.4, -0.2) is 72.9 Å². The minimum absolute atomic E-state index is 0.0887. The second-order valence-electron chi connectivity index (χ2n) is 8.04. The molecule has 0 radical (unpaired) electrons. The number of piperazine rings is 1. The van der Waals surface area contributed by atoms with Crippen LogP contribution >= 0.6 is 0 Å². The van der Waals surface area contributed by atoms with Crippen molar-refractivity contribution in [3.05, 3.63) is 65.0 Å². The molecule has 0 saturated carbocycles. The van der Waals surface area contributed by atoms with E-state index in [4.69, 9.17) is 9.47 Å². The molecule has 1 aliphatic rings. The van der Waals surface area contributed by atoms with Crippen LogP contribution in [0.1, 0.15) is 0 Å². The summed E-state index contributed by atoms with van der Waals surface area (Å²) in [4.78, 5) is 29.8. The minimum Gasteiger partial charge on any atom is -0.497 e. The molecule has 0 bridgehead atoms. The molecule has 0 N–H and O–H groups in total. The highest BCUT2D eigenvalue weighted by Crippen LogP contribution is 2.31. The van der Waals surface area contributed by atoms with Crippen molar-refractivity contribution in [2.75, 3.05) is 47.4 Å². The predicted molar refractivity (Wildman–Crippen MR) is 127 cm³/mol. The third kappa shape index (κ3) is 5.06. The number of rotatable bonds is 6. The second kappa shape index (κ2) is 9.87. The Labute approximate surface area is 193 Å². The zero-order chi connectivity index (χ0) is 23.4. The fourth-order valence-electron chi connectivity index (χ4n) is 3.84. The average Bonchev–Trinajstić information content (AvgIpc) is 2.85. The fraction of sp³-hybridized carbons (Fsp3) is 0.320. The summed E-state index contributed by atoms with van der Waals surface area (Å²) < 4.78 is 11.8. The van der Waals surface area contributed by atoms with Gasteiger partial charge in [-0.25, -0.2) is 4.68 Å². The van der Waals surface area contributed by atoms with Gasteiger partial charge in [-0.15, -0.1) is 0 Å². The van der Waals surface area contributed by atoms with Crippen molar-refractivity contribution < 1.29 is 14.3 Å². The highest BCUT2D eigenvalue weighted by atomic mass is 16.5. The van der Waals surface area contributed by atoms with Crippen molar-refractivity contribution in [3.8, 4) is 33.9 Å². The summed E-state index contributed by atoms with van der Waals surface area (Å²) in [6, 6.07) is 16.5. The van der Waals surface area contributed by atoms with Crippen molar-refractivity contribution >= 4 is 5.91 Å². The molecule has 8 heteroatoms. The monoisotopic (exact) mass is 448 g/mol. The topological polar surface area (TPSA) is 76.9 Å². The Morgan fingerprint density at radius 3 is 1.97 bits per heavy atom. The van der Waals surface area contributed by atoms with Crippen molar-refractivity contribution in [1.82, 2.24) is 19.6 Å². The van der Waals surface area contributed by atoms with Crippen LogP contribution in [-0.2, 0) is 11.3 Å². The Morgan fingerprint density at radius 1 is 0.879 bits per heavy atom. The largest absolute Gasteiger partial charge is 0.497 e. The van der Waals surface area contributed by atoms with Gasteiger partial charge in [-0.05, 0) is 49.0 Å². The van der Waals surface area contributed by atoms with Crippen molar-refractivity contribution in [2.45, 2.75) is 6.54 Å². The van der Waals surface area contributed by atoms with E-state index in [1.165, 1.54) is 4.68 Å². The Hall–Kier alpha value is -3.65. The van der Waals surface area contributed by atoms with E-state index in [1.807, 2.05) is 55.6 Å². The summed E-state index contributed by atoms with van der Waals surface area (Å²) >= 11 is 0. The lowest BCUT2D eigenvalue weighted by atomic mass is 10.00. The van der Waals surface area contributed by atoms with Crippen LogP contribution in [0.15, 0.2) is 59.4 Å². The molecule has 1 aliphatic heterocycles. The van der Waals surface area contributed by atoms with Crippen LogP contribution in [0.4, 0.5) is 0 Å². The van der Waals surface area contributed by atoms with Crippen LogP contribution in [0.5, 0.6) is 11.5 Å². The van der Waals surface area contributed by atoms with Gasteiger partial charge in [0.05, 0.1) is 19.9 Å². The normalized spacial score (nSPS) is 14.2. The molecular weight excluding hydrogens is 420 g/mol. The number of methoxy groups -OCH3 is 2. The smallest absolute Gasteiger partial charge is 0.267 e. The van der Waals surface area contributed by atoms with E-state index < -0.39 is 0 Å². The molecule has 0 unspecified atom stereocenters. The van der Waals surface area contributed by atoms with Crippen LogP contribution in [0.25, 0.3) is 22.4 Å². The number of hydrogen-bond acceptors (Lipinski definition) is 6. The third-order valence-corrected chi connectivity index (χ3v) is 5.90. The van der Waals surface area contributed by atoms with Crippen molar-refractivity contribution in [1.29, 1.82) is 0 Å². The van der Waals surface area contributed by atoms with E-state index in [0.29, 0.717) is 24.3 Å². The summed E-state index contributed by atoms with van der Waals surface area (Å²) in [5.41, 5.74) is 2.65. The third-order valence-electron chi connectivity index (χ3n) is 5.90. The first-order chi connectivity index (χ1) is 16.0. The number of carbonyl (C=O) groups is 1. The zero-order valence-electron chi connectivity index (χ0n) is 19.2. The molecule has 4 rings (SSSR count). The molecule has 0 aliphatic carbocycles. The quantitative estimate of drug-likeness (QED) is 0.576. The Bertz CT molecular complexity index is 1160. The molecule has 8 nitrogen and oxygen atoms in total. The van der Waals surface area contributed by atoms with Crippen LogP contribution < -0.4 is 15.0 Å². The molecule has 0 spiro atoms. The van der Waals surface area contributed by atoms with Gasteiger partial charge in [0, 0.05) is 43.4 Å². The van der Waals surface area contributed by atoms with Crippen LogP contribution in [0.2, 0.25) is 0 Å². The van der Waals surface area contributed by atoms with Crippen molar-refractivity contribution in [3.63, 3.8) is 0 Å². The zero-order valence-corrected chi connectivity index (χ0v) is 19.2. The average molecular weight is 449 g/mol. The van der Waals surface area contributed by atoms with Crippen molar-refractivity contribution in [2.24, 2.45) is 0 Å². The number of amides is 1. The molecule has 172 valence electrons. The van der Waals surface area contributed by atoms with Gasteiger partial charge in [0.2, 0.25) is 5.91 Å². The summed E-state index contributed by atoms with van der Waals surface area (Å²) in [5.74, 6) is 1.35. The van der Waals surface area contributed by atoms with Gasteiger partial charge in [-0.1, -0.05) is 12.1 Å². The molecule has 2 heterocycles. The number of hydrogen-bond donors (Lipinski definition) is 0. The molecule has 1 aromatic heterocycles. The number of likely N-dealkylation sites (N-methyl/N-ethyl adjacent to an activating group) is 1. The number of carbonyl (C=O) groups excluding carboxylic acids is 1. The van der Waals surface area contributed by atoms with Gasteiger partial charge in [-0.2, -0.15) is 5.10 Å². The lowest BCUT2D eigenvalue weighted by Crippen LogP contribution is -2.48. The molecule has 33 heavy (non-hydrogen) atoms. The standard InChI is InChI=1S/C25H28N4O4/c1-27-12-14-28(15-13-27)24(31)17-29-23(30)16-22(18-4-8-20(32-2)9-5-18)25(26-29)19-6-10-21(33-3)11-7-19/h4-11,16H,12-15,17H2,1-3H3. The molecule has 2 aromatic carbocycles. The molecule has 0 atom stereocenters.